The summed E-state index contributed by atoms with van der Waals surface area (Å²) in [6.45, 7) is 5.57. The second-order valence-electron chi connectivity index (χ2n) is 5.54. The smallest absolute Gasteiger partial charge is 0.240 e. The SMILES string of the molecule is CCOc1ccc(S(=O)(=O)NCCC(=O)N2CCCNCC2)cc1. The minimum absolute atomic E-state index is 0.0203. The summed E-state index contributed by atoms with van der Waals surface area (Å²) in [7, 11) is -3.61. The van der Waals surface area contributed by atoms with Crippen LogP contribution < -0.4 is 14.8 Å². The number of carbonyl (C=O) groups is 1. The number of amides is 1. The van der Waals surface area contributed by atoms with Gasteiger partial charge in [0, 0.05) is 32.6 Å². The van der Waals surface area contributed by atoms with E-state index in [-0.39, 0.29) is 23.8 Å². The van der Waals surface area contributed by atoms with E-state index in [2.05, 4.69) is 10.0 Å². The Labute approximate surface area is 143 Å². The normalized spacial score (nSPS) is 15.8. The van der Waals surface area contributed by atoms with E-state index in [0.29, 0.717) is 18.9 Å². The maximum absolute atomic E-state index is 12.2. The molecule has 1 aliphatic heterocycles. The van der Waals surface area contributed by atoms with E-state index in [1.165, 1.54) is 12.1 Å². The Morgan fingerprint density at radius 3 is 2.71 bits per heavy atom. The van der Waals surface area contributed by atoms with Crippen molar-refractivity contribution in [3.05, 3.63) is 24.3 Å². The predicted molar refractivity (Wildman–Crippen MR) is 91.5 cm³/mol. The summed E-state index contributed by atoms with van der Waals surface area (Å²) in [5.41, 5.74) is 0. The molecule has 2 rings (SSSR count). The van der Waals surface area contributed by atoms with Crippen LogP contribution in [0, 0.1) is 0 Å². The average molecular weight is 355 g/mol. The van der Waals surface area contributed by atoms with E-state index in [0.717, 1.165) is 26.1 Å². The molecule has 0 bridgehead atoms. The fourth-order valence-electron chi connectivity index (χ4n) is 2.51. The maximum atomic E-state index is 12.2. The van der Waals surface area contributed by atoms with Crippen molar-refractivity contribution in [3.63, 3.8) is 0 Å². The molecule has 1 saturated heterocycles. The van der Waals surface area contributed by atoms with Gasteiger partial charge in [-0.1, -0.05) is 0 Å². The van der Waals surface area contributed by atoms with Crippen molar-refractivity contribution in [2.24, 2.45) is 0 Å². The van der Waals surface area contributed by atoms with Crippen LogP contribution in [0.25, 0.3) is 0 Å². The number of nitrogens with one attached hydrogen (secondary N) is 2. The molecule has 1 aromatic rings. The molecular weight excluding hydrogens is 330 g/mol. The molecule has 1 aromatic carbocycles. The first-order valence-corrected chi connectivity index (χ1v) is 9.72. The summed E-state index contributed by atoms with van der Waals surface area (Å²) in [5.74, 6) is 0.606. The molecule has 0 spiro atoms. The molecule has 0 atom stereocenters. The first-order chi connectivity index (χ1) is 11.5. The van der Waals surface area contributed by atoms with Gasteiger partial charge in [0.25, 0.3) is 0 Å². The molecule has 0 aliphatic carbocycles. The molecule has 0 radical (unpaired) electrons. The zero-order valence-electron chi connectivity index (χ0n) is 14.0. The van der Waals surface area contributed by atoms with Gasteiger partial charge >= 0.3 is 0 Å². The highest BCUT2D eigenvalue weighted by molar-refractivity contribution is 7.89. The van der Waals surface area contributed by atoms with Crippen LogP contribution in [-0.2, 0) is 14.8 Å². The van der Waals surface area contributed by atoms with E-state index >= 15 is 0 Å². The van der Waals surface area contributed by atoms with E-state index in [4.69, 9.17) is 4.74 Å². The van der Waals surface area contributed by atoms with Gasteiger partial charge in [-0.3, -0.25) is 4.79 Å². The van der Waals surface area contributed by atoms with E-state index in [1.807, 2.05) is 6.92 Å². The first kappa shape index (κ1) is 18.7. The maximum Gasteiger partial charge on any atom is 0.240 e. The molecule has 0 unspecified atom stereocenters. The zero-order chi connectivity index (χ0) is 17.4. The lowest BCUT2D eigenvalue weighted by molar-refractivity contribution is -0.130. The number of sulfonamides is 1. The topological polar surface area (TPSA) is 87.7 Å². The lowest BCUT2D eigenvalue weighted by atomic mass is 10.3. The van der Waals surface area contributed by atoms with Gasteiger partial charge in [0.15, 0.2) is 0 Å². The van der Waals surface area contributed by atoms with Crippen LogP contribution >= 0.6 is 0 Å². The third kappa shape index (κ3) is 5.47. The fourth-order valence-corrected chi connectivity index (χ4v) is 3.54. The molecule has 0 saturated carbocycles. The molecule has 1 amide bonds. The summed E-state index contributed by atoms with van der Waals surface area (Å²) in [4.78, 5) is 14.1. The molecule has 1 fully saturated rings. The predicted octanol–water partition coefficient (Wildman–Crippen LogP) is 0.576. The molecule has 0 aromatic heterocycles. The van der Waals surface area contributed by atoms with Crippen molar-refractivity contribution < 1.29 is 17.9 Å². The number of carbonyl (C=O) groups excluding carboxylic acids is 1. The van der Waals surface area contributed by atoms with Gasteiger partial charge in [0.05, 0.1) is 11.5 Å². The Kier molecular flexibility index (Phi) is 7.01. The van der Waals surface area contributed by atoms with Crippen molar-refractivity contribution in [3.8, 4) is 5.75 Å². The number of rotatable bonds is 7. The van der Waals surface area contributed by atoms with Crippen LogP contribution in [-0.4, -0.2) is 58.6 Å². The van der Waals surface area contributed by atoms with Gasteiger partial charge in [0.2, 0.25) is 15.9 Å². The Morgan fingerprint density at radius 2 is 2.00 bits per heavy atom. The van der Waals surface area contributed by atoms with E-state index < -0.39 is 10.0 Å². The third-order valence-corrected chi connectivity index (χ3v) is 5.25. The lowest BCUT2D eigenvalue weighted by Gasteiger charge is -2.20. The van der Waals surface area contributed by atoms with Crippen molar-refractivity contribution in [1.82, 2.24) is 14.9 Å². The Hall–Kier alpha value is -1.64. The van der Waals surface area contributed by atoms with Crippen molar-refractivity contribution in [2.45, 2.75) is 24.7 Å². The highest BCUT2D eigenvalue weighted by Crippen LogP contribution is 2.15. The molecule has 2 N–H and O–H groups in total. The quantitative estimate of drug-likeness (QED) is 0.747. The summed E-state index contributed by atoms with van der Waals surface area (Å²) >= 11 is 0. The summed E-state index contributed by atoms with van der Waals surface area (Å²) in [6, 6.07) is 6.23. The van der Waals surface area contributed by atoms with E-state index in [9.17, 15) is 13.2 Å². The monoisotopic (exact) mass is 355 g/mol. The minimum atomic E-state index is -3.61. The highest BCUT2D eigenvalue weighted by Gasteiger charge is 2.17. The van der Waals surface area contributed by atoms with Gasteiger partial charge < -0.3 is 15.0 Å². The third-order valence-electron chi connectivity index (χ3n) is 3.77. The Bertz CT molecular complexity index is 623. The molecule has 24 heavy (non-hydrogen) atoms. The van der Waals surface area contributed by atoms with Gasteiger partial charge in [0.1, 0.15) is 5.75 Å². The van der Waals surface area contributed by atoms with Crippen LogP contribution in [0.5, 0.6) is 5.75 Å². The van der Waals surface area contributed by atoms with Crippen LogP contribution in [0.2, 0.25) is 0 Å². The van der Waals surface area contributed by atoms with Gasteiger partial charge in [-0.15, -0.1) is 0 Å². The van der Waals surface area contributed by atoms with Gasteiger partial charge in [-0.05, 0) is 44.2 Å². The van der Waals surface area contributed by atoms with Gasteiger partial charge in [-0.25, -0.2) is 13.1 Å². The average Bonchev–Trinajstić information content (AvgIpc) is 2.85. The largest absolute Gasteiger partial charge is 0.494 e. The van der Waals surface area contributed by atoms with Crippen molar-refractivity contribution >= 4 is 15.9 Å². The second kappa shape index (κ2) is 9.00. The Morgan fingerprint density at radius 1 is 1.25 bits per heavy atom. The number of benzene rings is 1. The Balaban J connectivity index is 1.84. The second-order valence-corrected chi connectivity index (χ2v) is 7.30. The molecule has 1 aliphatic rings. The molecule has 134 valence electrons. The van der Waals surface area contributed by atoms with Crippen molar-refractivity contribution in [1.29, 1.82) is 0 Å². The van der Waals surface area contributed by atoms with Crippen LogP contribution in [0.15, 0.2) is 29.2 Å². The van der Waals surface area contributed by atoms with Crippen LogP contribution in [0.3, 0.4) is 0 Å². The number of nitrogens with zero attached hydrogens (tertiary/aromatic N) is 1. The molecule has 1 heterocycles. The molecule has 8 heteroatoms. The first-order valence-electron chi connectivity index (χ1n) is 8.24. The van der Waals surface area contributed by atoms with Crippen LogP contribution in [0.1, 0.15) is 19.8 Å². The van der Waals surface area contributed by atoms with E-state index in [1.54, 1.807) is 17.0 Å². The highest BCUT2D eigenvalue weighted by atomic mass is 32.2. The minimum Gasteiger partial charge on any atom is -0.494 e. The summed E-state index contributed by atoms with van der Waals surface area (Å²) < 4.78 is 32.2. The summed E-state index contributed by atoms with van der Waals surface area (Å²) in [5, 5.41) is 3.23. The molecular formula is C16H25N3O4S. The number of hydrogen-bond donors (Lipinski definition) is 2. The lowest BCUT2D eigenvalue weighted by Crippen LogP contribution is -2.36. The van der Waals surface area contributed by atoms with Gasteiger partial charge in [-0.2, -0.15) is 0 Å². The zero-order valence-corrected chi connectivity index (χ0v) is 14.8. The molecule has 7 nitrogen and oxygen atoms in total. The van der Waals surface area contributed by atoms with Crippen LogP contribution in [0.4, 0.5) is 0 Å². The standard InChI is InChI=1S/C16H25N3O4S/c1-2-23-14-4-6-15(7-5-14)24(21,22)18-10-8-16(20)19-12-3-9-17-11-13-19/h4-7,17-18H,2-3,8-13H2,1H3. The fraction of sp³-hybridized carbons (Fsp3) is 0.562. The number of ether oxygens (including phenoxy) is 1. The van der Waals surface area contributed by atoms with Crippen molar-refractivity contribution in [2.75, 3.05) is 39.3 Å². The number of hydrogen-bond acceptors (Lipinski definition) is 5. The summed E-state index contributed by atoms with van der Waals surface area (Å²) in [6.07, 6.45) is 1.08.